The predicted molar refractivity (Wildman–Crippen MR) is 149 cm³/mol. The van der Waals surface area contributed by atoms with Crippen molar-refractivity contribution in [1.29, 1.82) is 0 Å². The number of carbonyl (C=O) groups excluding carboxylic acids is 1. The maximum absolute atomic E-state index is 13.1. The van der Waals surface area contributed by atoms with Crippen molar-refractivity contribution in [2.75, 3.05) is 34.0 Å². The van der Waals surface area contributed by atoms with Crippen LogP contribution in [0.25, 0.3) is 0 Å². The molecule has 0 saturated heterocycles. The van der Waals surface area contributed by atoms with Crippen LogP contribution in [0.3, 0.4) is 0 Å². The highest BCUT2D eigenvalue weighted by molar-refractivity contribution is 6.22. The summed E-state index contributed by atoms with van der Waals surface area (Å²) in [7, 11) is 3.31. The Labute approximate surface area is 229 Å². The van der Waals surface area contributed by atoms with Crippen LogP contribution in [0.5, 0.6) is 11.5 Å². The molecule has 1 aromatic carbocycles. The van der Waals surface area contributed by atoms with Crippen LogP contribution in [-0.2, 0) is 16.0 Å². The Bertz CT molecular complexity index is 829. The molecule has 37 heavy (non-hydrogen) atoms. The van der Waals surface area contributed by atoms with E-state index in [2.05, 4.69) is 13.8 Å². The first-order valence-corrected chi connectivity index (χ1v) is 14.0. The molecule has 0 aliphatic heterocycles. The first kappa shape index (κ1) is 31.7. The molecule has 1 aliphatic rings. The van der Waals surface area contributed by atoms with E-state index in [9.17, 15) is 9.90 Å². The Morgan fingerprint density at radius 1 is 1.19 bits per heavy atom. The number of hydrogen-bond acceptors (Lipinski definition) is 6. The fourth-order valence-corrected chi connectivity index (χ4v) is 5.62. The van der Waals surface area contributed by atoms with E-state index in [0.29, 0.717) is 43.0 Å². The van der Waals surface area contributed by atoms with Crippen molar-refractivity contribution < 1.29 is 24.1 Å². The summed E-state index contributed by atoms with van der Waals surface area (Å²) in [6, 6.07) is 5.49. The number of aliphatic hydroxyl groups excluding tert-OH is 1. The molecule has 1 aliphatic carbocycles. The number of carbonyl (C=O) groups is 1. The molecule has 212 valence electrons. The van der Waals surface area contributed by atoms with Crippen LogP contribution in [0.1, 0.15) is 71.8 Å². The molecule has 1 saturated carbocycles. The summed E-state index contributed by atoms with van der Waals surface area (Å²) in [4.78, 5) is 13.1. The van der Waals surface area contributed by atoms with E-state index in [1.807, 2.05) is 32.0 Å². The van der Waals surface area contributed by atoms with Gasteiger partial charge in [-0.25, -0.2) is 0 Å². The van der Waals surface area contributed by atoms with E-state index >= 15 is 0 Å². The van der Waals surface area contributed by atoms with Gasteiger partial charge in [0.25, 0.3) is 0 Å². The number of nitrogens with zero attached hydrogens (tertiary/aromatic N) is 1. The molecule has 1 amide bonds. The molecule has 0 spiro atoms. The Balaban J connectivity index is 1.99. The number of methoxy groups -OCH3 is 2. The number of halogens is 1. The standard InChI is InChI=1S/C29H49ClN2O5/c1-20(2)22(16-21-12-13-26(36-6)27(17-21)37-15-9-14-35-5)18-24(31)25(33)19-32(30)28(34)29(3,4)23-10-7-8-11-23/h12-13,17,20,22-25,33H,7-11,14-16,18-19,31H2,1-6H3/t22-,24-,25-/m0/s1. The fourth-order valence-electron chi connectivity index (χ4n) is 5.26. The van der Waals surface area contributed by atoms with Crippen molar-refractivity contribution in [3.63, 3.8) is 0 Å². The minimum absolute atomic E-state index is 0.0184. The van der Waals surface area contributed by atoms with Crippen LogP contribution < -0.4 is 15.2 Å². The number of amides is 1. The van der Waals surface area contributed by atoms with Crippen LogP contribution in [-0.4, -0.2) is 61.6 Å². The molecule has 0 heterocycles. The van der Waals surface area contributed by atoms with Gasteiger partial charge >= 0.3 is 0 Å². The van der Waals surface area contributed by atoms with Gasteiger partial charge in [0, 0.05) is 43.4 Å². The zero-order valence-corrected chi connectivity index (χ0v) is 24.4. The van der Waals surface area contributed by atoms with E-state index in [4.69, 9.17) is 31.7 Å². The quantitative estimate of drug-likeness (QED) is 0.221. The zero-order valence-electron chi connectivity index (χ0n) is 23.7. The lowest BCUT2D eigenvalue weighted by Crippen LogP contribution is -2.47. The molecular weight excluding hydrogens is 492 g/mol. The molecule has 0 unspecified atom stereocenters. The summed E-state index contributed by atoms with van der Waals surface area (Å²) < 4.78 is 17.7. The number of hydrogen-bond donors (Lipinski definition) is 2. The van der Waals surface area contributed by atoms with Crippen molar-refractivity contribution in [1.82, 2.24) is 4.42 Å². The molecular formula is C29H49ClN2O5. The van der Waals surface area contributed by atoms with Gasteiger partial charge in [-0.15, -0.1) is 0 Å². The third kappa shape index (κ3) is 9.31. The van der Waals surface area contributed by atoms with Gasteiger partial charge in [0.15, 0.2) is 11.5 Å². The van der Waals surface area contributed by atoms with Gasteiger partial charge in [0.05, 0.1) is 26.4 Å². The van der Waals surface area contributed by atoms with Crippen LogP contribution in [0.4, 0.5) is 0 Å². The fraction of sp³-hybridized carbons (Fsp3) is 0.759. The SMILES string of the molecule is COCCCOc1cc(C[C@@H](C[C@H](N)[C@@H](O)CN(Cl)C(=O)C(C)(C)C2CCCC2)C(C)C)ccc1OC. The molecule has 8 heteroatoms. The van der Waals surface area contributed by atoms with Crippen molar-refractivity contribution in [3.05, 3.63) is 23.8 Å². The van der Waals surface area contributed by atoms with Crippen LogP contribution in [0, 0.1) is 23.2 Å². The number of ether oxygens (including phenoxy) is 3. The number of nitrogens with two attached hydrogens (primary N) is 1. The molecule has 2 rings (SSSR count). The second-order valence-electron chi connectivity index (χ2n) is 11.4. The highest BCUT2D eigenvalue weighted by atomic mass is 35.5. The van der Waals surface area contributed by atoms with Gasteiger partial charge < -0.3 is 25.1 Å². The summed E-state index contributed by atoms with van der Waals surface area (Å²) >= 11 is 6.40. The van der Waals surface area contributed by atoms with Crippen molar-refractivity contribution in [2.24, 2.45) is 28.9 Å². The second-order valence-corrected chi connectivity index (χ2v) is 11.8. The first-order valence-electron chi connectivity index (χ1n) is 13.7. The molecule has 1 fully saturated rings. The minimum Gasteiger partial charge on any atom is -0.493 e. The second kappa shape index (κ2) is 15.2. The van der Waals surface area contributed by atoms with Crippen molar-refractivity contribution in [2.45, 2.75) is 84.8 Å². The summed E-state index contributed by atoms with van der Waals surface area (Å²) in [5.41, 5.74) is 7.04. The normalized spacial score (nSPS) is 17.0. The van der Waals surface area contributed by atoms with Crippen LogP contribution in [0.15, 0.2) is 18.2 Å². The maximum Gasteiger partial charge on any atom is 0.242 e. The Hall–Kier alpha value is -1.54. The third-order valence-electron chi connectivity index (χ3n) is 7.98. The lowest BCUT2D eigenvalue weighted by Gasteiger charge is -2.34. The highest BCUT2D eigenvalue weighted by Gasteiger charge is 2.41. The van der Waals surface area contributed by atoms with Crippen molar-refractivity contribution in [3.8, 4) is 11.5 Å². The average Bonchev–Trinajstić information content (AvgIpc) is 3.41. The molecule has 0 aromatic heterocycles. The Morgan fingerprint density at radius 2 is 1.86 bits per heavy atom. The van der Waals surface area contributed by atoms with E-state index < -0.39 is 17.6 Å². The predicted octanol–water partition coefficient (Wildman–Crippen LogP) is 5.20. The Kier molecular flexibility index (Phi) is 13.0. The monoisotopic (exact) mass is 540 g/mol. The molecule has 0 radical (unpaired) electrons. The van der Waals surface area contributed by atoms with E-state index in [-0.39, 0.29) is 18.4 Å². The topological polar surface area (TPSA) is 94.3 Å². The smallest absolute Gasteiger partial charge is 0.242 e. The van der Waals surface area contributed by atoms with Gasteiger partial charge in [-0.05, 0) is 61.1 Å². The van der Waals surface area contributed by atoms with Crippen LogP contribution in [0.2, 0.25) is 0 Å². The van der Waals surface area contributed by atoms with Gasteiger partial charge in [-0.2, -0.15) is 0 Å². The summed E-state index contributed by atoms with van der Waals surface area (Å²) in [5.74, 6) is 2.18. The average molecular weight is 541 g/mol. The zero-order chi connectivity index (χ0) is 27.6. The largest absolute Gasteiger partial charge is 0.493 e. The van der Waals surface area contributed by atoms with Gasteiger partial charge in [-0.1, -0.05) is 46.6 Å². The van der Waals surface area contributed by atoms with Crippen molar-refractivity contribution >= 4 is 17.7 Å². The molecule has 3 N–H and O–H groups in total. The number of aliphatic hydroxyl groups is 1. The molecule has 1 aromatic rings. The van der Waals surface area contributed by atoms with E-state index in [1.54, 1.807) is 14.2 Å². The van der Waals surface area contributed by atoms with E-state index in [0.717, 1.165) is 48.5 Å². The van der Waals surface area contributed by atoms with Gasteiger partial charge in [-0.3, -0.25) is 9.21 Å². The highest BCUT2D eigenvalue weighted by Crippen LogP contribution is 2.41. The first-order chi connectivity index (χ1) is 17.5. The Morgan fingerprint density at radius 3 is 2.46 bits per heavy atom. The number of rotatable bonds is 16. The summed E-state index contributed by atoms with van der Waals surface area (Å²) in [5, 5.41) is 10.9. The van der Waals surface area contributed by atoms with Crippen LogP contribution >= 0.6 is 11.8 Å². The van der Waals surface area contributed by atoms with E-state index in [1.165, 1.54) is 0 Å². The minimum atomic E-state index is -0.905. The lowest BCUT2D eigenvalue weighted by molar-refractivity contribution is -0.139. The molecule has 0 bridgehead atoms. The molecule has 3 atom stereocenters. The molecule has 7 nitrogen and oxygen atoms in total. The summed E-state index contributed by atoms with van der Waals surface area (Å²) in [6.45, 7) is 9.46. The van der Waals surface area contributed by atoms with Gasteiger partial charge in [0.1, 0.15) is 0 Å². The maximum atomic E-state index is 13.1. The lowest BCUT2D eigenvalue weighted by atomic mass is 9.77. The summed E-state index contributed by atoms with van der Waals surface area (Å²) in [6.07, 6.45) is 5.70. The van der Waals surface area contributed by atoms with Gasteiger partial charge in [0.2, 0.25) is 5.91 Å². The third-order valence-corrected chi connectivity index (χ3v) is 8.27. The number of benzene rings is 1.